The predicted octanol–water partition coefficient (Wildman–Crippen LogP) is 1.72. The third-order valence-electron chi connectivity index (χ3n) is 2.62. The summed E-state index contributed by atoms with van der Waals surface area (Å²) in [6.45, 7) is 0. The quantitative estimate of drug-likeness (QED) is 0.349. The first kappa shape index (κ1) is 17.3. The van der Waals surface area contributed by atoms with Crippen molar-refractivity contribution >= 4 is 39.4 Å². The van der Waals surface area contributed by atoms with Crippen molar-refractivity contribution in [1.82, 2.24) is 15.3 Å². The van der Waals surface area contributed by atoms with Crippen LogP contribution >= 0.6 is 15.9 Å². The van der Waals surface area contributed by atoms with Gasteiger partial charge in [-0.05, 0) is 24.3 Å². The molecule has 1 aromatic heterocycles. The average Bonchev–Trinajstić information content (AvgIpc) is 2.62. The van der Waals surface area contributed by atoms with Crippen LogP contribution in [0.5, 0.6) is 0 Å². The lowest BCUT2D eigenvalue weighted by atomic mass is 10.3. The molecule has 0 fully saturated rings. The van der Waals surface area contributed by atoms with Gasteiger partial charge >= 0.3 is 5.97 Å². The van der Waals surface area contributed by atoms with E-state index < -0.39 is 11.9 Å². The summed E-state index contributed by atoms with van der Waals surface area (Å²) in [5, 5.41) is 6.11. The van der Waals surface area contributed by atoms with Gasteiger partial charge in [0.25, 0.3) is 5.91 Å². The molecule has 2 aromatic rings. The van der Waals surface area contributed by atoms with Crippen LogP contribution in [0.3, 0.4) is 0 Å². The van der Waals surface area contributed by atoms with Crippen LogP contribution in [0.4, 0.5) is 5.69 Å². The predicted molar refractivity (Wildman–Crippen MR) is 90.2 cm³/mol. The zero-order valence-corrected chi connectivity index (χ0v) is 14.1. The molecule has 0 radical (unpaired) electrons. The lowest BCUT2D eigenvalue weighted by Gasteiger charge is -2.04. The van der Waals surface area contributed by atoms with E-state index in [4.69, 9.17) is 0 Å². The third kappa shape index (κ3) is 5.01. The number of carbonyl (C=O) groups excluding carboxylic acids is 2. The standard InChI is InChI=1S/C15H12BrN5O3/c1-24-15(23)13(20-14(22)12-8-17-6-7-18-12)9-19-21-11-4-2-10(16)3-5-11/h2-8,21H,1H3,(H,20,22). The van der Waals surface area contributed by atoms with Crippen molar-refractivity contribution in [2.75, 3.05) is 12.5 Å². The number of anilines is 1. The smallest absolute Gasteiger partial charge is 0.364 e. The number of methoxy groups -OCH3 is 1. The molecule has 0 unspecified atom stereocenters. The van der Waals surface area contributed by atoms with E-state index in [1.165, 1.54) is 25.7 Å². The lowest BCUT2D eigenvalue weighted by molar-refractivity contribution is -0.136. The lowest BCUT2D eigenvalue weighted by Crippen LogP contribution is -2.29. The molecule has 8 nitrogen and oxygen atoms in total. The zero-order valence-electron chi connectivity index (χ0n) is 12.5. The summed E-state index contributed by atoms with van der Waals surface area (Å²) >= 11 is 3.32. The number of hydrogen-bond donors (Lipinski definition) is 2. The molecule has 0 aliphatic rings. The zero-order chi connectivity index (χ0) is 17.4. The van der Waals surface area contributed by atoms with E-state index in [0.717, 1.165) is 4.47 Å². The molecule has 1 heterocycles. The first-order valence-corrected chi connectivity index (χ1v) is 7.39. The SMILES string of the molecule is COC(=O)C(=C=NNc1ccc(Br)cc1)NC(=O)c1cnccn1. The molecule has 122 valence electrons. The summed E-state index contributed by atoms with van der Waals surface area (Å²) in [4.78, 5) is 31.3. The summed E-state index contributed by atoms with van der Waals surface area (Å²) in [7, 11) is 1.18. The minimum atomic E-state index is -0.798. The molecule has 0 atom stereocenters. The molecule has 0 saturated heterocycles. The molecule has 1 aromatic carbocycles. The van der Waals surface area contributed by atoms with Gasteiger partial charge in [-0.2, -0.15) is 0 Å². The van der Waals surface area contributed by atoms with E-state index in [0.29, 0.717) is 5.69 Å². The van der Waals surface area contributed by atoms with Crippen molar-refractivity contribution in [3.05, 3.63) is 58.7 Å². The van der Waals surface area contributed by atoms with Crippen LogP contribution in [0.15, 0.2) is 58.1 Å². The van der Waals surface area contributed by atoms with Crippen molar-refractivity contribution in [2.45, 2.75) is 0 Å². The highest BCUT2D eigenvalue weighted by atomic mass is 79.9. The fourth-order valence-corrected chi connectivity index (χ4v) is 1.76. The van der Waals surface area contributed by atoms with Crippen LogP contribution in [-0.4, -0.2) is 34.8 Å². The van der Waals surface area contributed by atoms with Gasteiger partial charge in [0.2, 0.25) is 0 Å². The van der Waals surface area contributed by atoms with Crippen molar-refractivity contribution in [3.8, 4) is 0 Å². The first-order valence-electron chi connectivity index (χ1n) is 6.60. The van der Waals surface area contributed by atoms with Crippen LogP contribution in [-0.2, 0) is 9.53 Å². The van der Waals surface area contributed by atoms with Gasteiger partial charge < -0.3 is 10.1 Å². The number of aromatic nitrogens is 2. The van der Waals surface area contributed by atoms with Crippen LogP contribution < -0.4 is 10.7 Å². The van der Waals surface area contributed by atoms with Gasteiger partial charge in [-0.3, -0.25) is 15.2 Å². The van der Waals surface area contributed by atoms with E-state index in [1.54, 1.807) is 12.1 Å². The van der Waals surface area contributed by atoms with Crippen molar-refractivity contribution in [1.29, 1.82) is 0 Å². The average molecular weight is 390 g/mol. The Balaban J connectivity index is 2.15. The highest BCUT2D eigenvalue weighted by Gasteiger charge is 2.15. The van der Waals surface area contributed by atoms with E-state index in [2.05, 4.69) is 52.3 Å². The number of halogens is 1. The van der Waals surface area contributed by atoms with E-state index in [1.807, 2.05) is 12.1 Å². The molecule has 0 aliphatic heterocycles. The molecular formula is C15H12BrN5O3. The molecule has 0 spiro atoms. The molecule has 0 saturated carbocycles. The number of rotatable bonds is 5. The Bertz CT molecular complexity index is 787. The Morgan fingerprint density at radius 1 is 1.25 bits per heavy atom. The Kier molecular flexibility index (Phi) is 6.18. The van der Waals surface area contributed by atoms with Gasteiger partial charge in [0.1, 0.15) is 5.69 Å². The maximum atomic E-state index is 12.0. The molecular weight excluding hydrogens is 378 g/mol. The topological polar surface area (TPSA) is 106 Å². The highest BCUT2D eigenvalue weighted by Crippen LogP contribution is 2.13. The number of esters is 1. The number of nitrogens with one attached hydrogen (secondary N) is 2. The van der Waals surface area contributed by atoms with Crippen LogP contribution in [0, 0.1) is 0 Å². The van der Waals surface area contributed by atoms with Crippen LogP contribution in [0.25, 0.3) is 0 Å². The number of nitrogens with zero attached hydrogens (tertiary/aromatic N) is 3. The maximum absolute atomic E-state index is 12.0. The fraction of sp³-hybridized carbons (Fsp3) is 0.0667. The number of carbonyl (C=O) groups is 2. The van der Waals surface area contributed by atoms with Gasteiger partial charge in [-0.25, -0.2) is 9.78 Å². The Morgan fingerprint density at radius 2 is 2.00 bits per heavy atom. The molecule has 9 heteroatoms. The number of hydrogen-bond acceptors (Lipinski definition) is 7. The number of benzene rings is 1. The van der Waals surface area contributed by atoms with Gasteiger partial charge in [0.05, 0.1) is 19.0 Å². The second-order valence-electron chi connectivity index (χ2n) is 4.25. The Labute approximate surface area is 145 Å². The second kappa shape index (κ2) is 8.56. The fourth-order valence-electron chi connectivity index (χ4n) is 1.49. The third-order valence-corrected chi connectivity index (χ3v) is 3.15. The van der Waals surface area contributed by atoms with Crippen molar-refractivity contribution < 1.29 is 14.3 Å². The minimum Gasteiger partial charge on any atom is -0.464 e. The Morgan fingerprint density at radius 3 is 2.62 bits per heavy atom. The van der Waals surface area contributed by atoms with Gasteiger partial charge in [0.15, 0.2) is 5.70 Å². The van der Waals surface area contributed by atoms with Gasteiger partial charge in [-0.1, -0.05) is 15.9 Å². The van der Waals surface area contributed by atoms with Gasteiger partial charge in [-0.15, -0.1) is 5.10 Å². The van der Waals surface area contributed by atoms with E-state index >= 15 is 0 Å². The number of ether oxygens (including phenoxy) is 1. The van der Waals surface area contributed by atoms with E-state index in [-0.39, 0.29) is 11.4 Å². The van der Waals surface area contributed by atoms with Gasteiger partial charge in [0, 0.05) is 22.7 Å². The summed E-state index contributed by atoms with van der Waals surface area (Å²) < 4.78 is 5.50. The molecule has 0 bridgehead atoms. The molecule has 0 aliphatic carbocycles. The van der Waals surface area contributed by atoms with Crippen molar-refractivity contribution in [2.24, 2.45) is 5.10 Å². The normalized spacial score (nSPS) is 9.42. The monoisotopic (exact) mass is 389 g/mol. The number of hydrazone groups is 1. The second-order valence-corrected chi connectivity index (χ2v) is 5.17. The molecule has 1 amide bonds. The number of amides is 1. The first-order chi connectivity index (χ1) is 11.6. The Hall–Kier alpha value is -3.03. The summed E-state index contributed by atoms with van der Waals surface area (Å²) in [5.41, 5.74) is 3.13. The maximum Gasteiger partial charge on any atom is 0.364 e. The minimum absolute atomic E-state index is 0.0431. The molecule has 24 heavy (non-hydrogen) atoms. The summed E-state index contributed by atoms with van der Waals surface area (Å²) in [5.74, 6) is 0.971. The highest BCUT2D eigenvalue weighted by molar-refractivity contribution is 9.10. The summed E-state index contributed by atoms with van der Waals surface area (Å²) in [6, 6.07) is 7.17. The molecule has 2 N–H and O–H groups in total. The van der Waals surface area contributed by atoms with E-state index in [9.17, 15) is 9.59 Å². The van der Waals surface area contributed by atoms with Crippen molar-refractivity contribution in [3.63, 3.8) is 0 Å². The summed E-state index contributed by atoms with van der Waals surface area (Å²) in [6.07, 6.45) is 4.05. The van der Waals surface area contributed by atoms with Crippen LogP contribution in [0.1, 0.15) is 10.5 Å². The molecule has 2 rings (SSSR count). The largest absolute Gasteiger partial charge is 0.464 e. The van der Waals surface area contributed by atoms with Crippen LogP contribution in [0.2, 0.25) is 0 Å².